The summed E-state index contributed by atoms with van der Waals surface area (Å²) in [4.78, 5) is 45.7. The van der Waals surface area contributed by atoms with E-state index in [1.165, 1.54) is 5.56 Å². The predicted molar refractivity (Wildman–Crippen MR) is 167 cm³/mol. The van der Waals surface area contributed by atoms with E-state index in [0.717, 1.165) is 46.2 Å². The molecule has 3 atom stereocenters. The van der Waals surface area contributed by atoms with Crippen LogP contribution in [0.15, 0.2) is 30.4 Å². The van der Waals surface area contributed by atoms with E-state index in [-0.39, 0.29) is 36.1 Å². The van der Waals surface area contributed by atoms with Gasteiger partial charge < -0.3 is 16.0 Å². The lowest BCUT2D eigenvalue weighted by atomic mass is 9.98. The highest BCUT2D eigenvalue weighted by molar-refractivity contribution is 7.99. The molecule has 1 fully saturated rings. The third-order valence-electron chi connectivity index (χ3n) is 7.46. The van der Waals surface area contributed by atoms with Crippen LogP contribution in [-0.4, -0.2) is 77.4 Å². The molecule has 0 radical (unpaired) electrons. The van der Waals surface area contributed by atoms with Gasteiger partial charge in [-0.2, -0.15) is 11.8 Å². The third kappa shape index (κ3) is 9.31. The highest BCUT2D eigenvalue weighted by atomic mass is 32.2. The van der Waals surface area contributed by atoms with Crippen LogP contribution in [0.1, 0.15) is 63.9 Å². The molecule has 0 aliphatic carbocycles. The van der Waals surface area contributed by atoms with Crippen LogP contribution in [0.2, 0.25) is 0 Å². The van der Waals surface area contributed by atoms with E-state index >= 15 is 0 Å². The molecule has 1 aromatic carbocycles. The first kappa shape index (κ1) is 32.1. The summed E-state index contributed by atoms with van der Waals surface area (Å²) >= 11 is 3.48. The molecule has 0 bridgehead atoms. The first-order valence-electron chi connectivity index (χ1n) is 14.4. The van der Waals surface area contributed by atoms with Crippen molar-refractivity contribution in [2.24, 2.45) is 5.92 Å². The van der Waals surface area contributed by atoms with Crippen LogP contribution in [-0.2, 0) is 20.8 Å². The number of fused-ring (bicyclic) bond motifs is 1. The second-order valence-corrected chi connectivity index (χ2v) is 13.2. The molecule has 40 heavy (non-hydrogen) atoms. The SMILES string of the molecule is C=C(CN1CCSCC1)C(=O)NC[C@@H](NC(=O)[C@H](Cc1nc2ccc(C(C)C)cc2s1)NC(=O)CC)C(C)CC. The number of rotatable bonds is 14. The van der Waals surface area contributed by atoms with Crippen LogP contribution in [0.25, 0.3) is 10.2 Å². The van der Waals surface area contributed by atoms with Crippen LogP contribution >= 0.6 is 23.1 Å². The number of hydrogen-bond acceptors (Lipinski definition) is 7. The summed E-state index contributed by atoms with van der Waals surface area (Å²) in [5.74, 6) is 2.03. The van der Waals surface area contributed by atoms with E-state index in [2.05, 4.69) is 67.3 Å². The van der Waals surface area contributed by atoms with Crippen molar-refractivity contribution in [3.63, 3.8) is 0 Å². The topological polar surface area (TPSA) is 103 Å². The maximum Gasteiger partial charge on any atom is 0.247 e. The Morgan fingerprint density at radius 2 is 1.82 bits per heavy atom. The number of benzene rings is 1. The number of nitrogens with one attached hydrogen (secondary N) is 3. The Balaban J connectivity index is 1.67. The van der Waals surface area contributed by atoms with Crippen LogP contribution < -0.4 is 16.0 Å². The van der Waals surface area contributed by atoms with E-state index in [9.17, 15) is 14.4 Å². The Hall–Kier alpha value is -2.43. The second kappa shape index (κ2) is 15.5. The van der Waals surface area contributed by atoms with Gasteiger partial charge in [0.05, 0.1) is 15.2 Å². The molecular formula is C30H45N5O3S2. The van der Waals surface area contributed by atoms with Gasteiger partial charge in [-0.05, 0) is 29.5 Å². The molecule has 10 heteroatoms. The number of thioether (sulfide) groups is 1. The number of hydrogen-bond donors (Lipinski definition) is 3. The average Bonchev–Trinajstić information content (AvgIpc) is 3.36. The van der Waals surface area contributed by atoms with Gasteiger partial charge in [0, 0.05) is 62.1 Å². The molecule has 3 amide bonds. The van der Waals surface area contributed by atoms with Gasteiger partial charge in [0.15, 0.2) is 0 Å². The number of aromatic nitrogens is 1. The minimum absolute atomic E-state index is 0.121. The minimum atomic E-state index is -0.758. The summed E-state index contributed by atoms with van der Waals surface area (Å²) in [6.07, 6.45) is 1.41. The van der Waals surface area contributed by atoms with Crippen molar-refractivity contribution >= 4 is 51.0 Å². The first-order valence-corrected chi connectivity index (χ1v) is 16.3. The van der Waals surface area contributed by atoms with Gasteiger partial charge in [0.2, 0.25) is 17.7 Å². The lowest BCUT2D eigenvalue weighted by molar-refractivity contribution is -0.129. The molecule has 0 saturated carbocycles. The number of nitrogens with zero attached hydrogens (tertiary/aromatic N) is 2. The van der Waals surface area contributed by atoms with Crippen molar-refractivity contribution in [3.05, 3.63) is 40.9 Å². The molecule has 3 rings (SSSR count). The fourth-order valence-corrected chi connectivity index (χ4v) is 6.55. The number of thiazole rings is 1. The summed E-state index contributed by atoms with van der Waals surface area (Å²) in [5, 5.41) is 9.79. The highest BCUT2D eigenvalue weighted by Gasteiger charge is 2.27. The molecule has 2 aromatic rings. The minimum Gasteiger partial charge on any atom is -0.350 e. The van der Waals surface area contributed by atoms with Gasteiger partial charge >= 0.3 is 0 Å². The van der Waals surface area contributed by atoms with Crippen LogP contribution in [0.4, 0.5) is 0 Å². The van der Waals surface area contributed by atoms with Crippen molar-refractivity contribution in [1.82, 2.24) is 25.8 Å². The lowest BCUT2D eigenvalue weighted by Gasteiger charge is -2.28. The lowest BCUT2D eigenvalue weighted by Crippen LogP contribution is -2.54. The van der Waals surface area contributed by atoms with Gasteiger partial charge in [0.25, 0.3) is 0 Å². The summed E-state index contributed by atoms with van der Waals surface area (Å²) < 4.78 is 1.07. The summed E-state index contributed by atoms with van der Waals surface area (Å²) in [5.41, 5.74) is 2.67. The van der Waals surface area contributed by atoms with Crippen molar-refractivity contribution in [3.8, 4) is 0 Å². The Kier molecular flexibility index (Phi) is 12.5. The number of carbonyl (C=O) groups excluding carboxylic acids is 3. The molecule has 220 valence electrons. The predicted octanol–water partition coefficient (Wildman–Crippen LogP) is 4.11. The van der Waals surface area contributed by atoms with Crippen LogP contribution in [0, 0.1) is 5.92 Å². The zero-order valence-corrected chi connectivity index (χ0v) is 26.2. The highest BCUT2D eigenvalue weighted by Crippen LogP contribution is 2.27. The zero-order valence-electron chi connectivity index (χ0n) is 24.5. The van der Waals surface area contributed by atoms with E-state index in [4.69, 9.17) is 4.98 Å². The monoisotopic (exact) mass is 587 g/mol. The Bertz CT molecular complexity index is 1180. The molecule has 1 aromatic heterocycles. The number of amides is 3. The fourth-order valence-electron chi connectivity index (χ4n) is 4.51. The van der Waals surface area contributed by atoms with Crippen LogP contribution in [0.3, 0.4) is 0 Å². The zero-order chi connectivity index (χ0) is 29.2. The molecule has 0 spiro atoms. The largest absolute Gasteiger partial charge is 0.350 e. The van der Waals surface area contributed by atoms with Gasteiger partial charge in [-0.3, -0.25) is 19.3 Å². The van der Waals surface area contributed by atoms with Crippen molar-refractivity contribution in [2.75, 3.05) is 37.7 Å². The standard InChI is InChI=1S/C30H45N5O3S2/c1-7-20(5)25(17-31-29(37)21(6)18-35-11-13-39-14-12-35)34-30(38)24(32-27(36)8-2)16-28-33-23-10-9-22(19(3)4)15-26(23)40-28/h9-10,15,19-20,24-25H,6-8,11-14,16-18H2,1-5H3,(H,31,37)(H,32,36)(H,34,38)/t20?,24-,25+/m0/s1. The Morgan fingerprint density at radius 3 is 2.48 bits per heavy atom. The molecule has 1 aliphatic rings. The number of carbonyl (C=O) groups is 3. The van der Waals surface area contributed by atoms with E-state index in [1.54, 1.807) is 18.3 Å². The second-order valence-electron chi connectivity index (χ2n) is 10.9. The van der Waals surface area contributed by atoms with Gasteiger partial charge in [0.1, 0.15) is 6.04 Å². The summed E-state index contributed by atoms with van der Waals surface area (Å²) in [6, 6.07) is 5.22. The Labute approximate surface area is 247 Å². The van der Waals surface area contributed by atoms with Crippen molar-refractivity contribution < 1.29 is 14.4 Å². The van der Waals surface area contributed by atoms with Crippen LogP contribution in [0.5, 0.6) is 0 Å². The average molecular weight is 588 g/mol. The van der Waals surface area contributed by atoms with E-state index in [1.807, 2.05) is 17.8 Å². The molecule has 2 heterocycles. The quantitative estimate of drug-likeness (QED) is 0.288. The first-order chi connectivity index (χ1) is 19.1. The van der Waals surface area contributed by atoms with Gasteiger partial charge in [-0.25, -0.2) is 4.98 Å². The molecular weight excluding hydrogens is 542 g/mol. The molecule has 1 saturated heterocycles. The maximum absolute atomic E-state index is 13.5. The third-order valence-corrected chi connectivity index (χ3v) is 9.44. The van der Waals surface area contributed by atoms with Gasteiger partial charge in [-0.1, -0.05) is 53.7 Å². The molecule has 3 N–H and O–H groups in total. The fraction of sp³-hybridized carbons (Fsp3) is 0.600. The van der Waals surface area contributed by atoms with Gasteiger partial charge in [-0.15, -0.1) is 11.3 Å². The maximum atomic E-state index is 13.5. The normalized spacial score (nSPS) is 16.4. The summed E-state index contributed by atoms with van der Waals surface area (Å²) in [7, 11) is 0. The molecule has 8 nitrogen and oxygen atoms in total. The van der Waals surface area contributed by atoms with Crippen molar-refractivity contribution in [1.29, 1.82) is 0 Å². The molecule has 1 aliphatic heterocycles. The van der Waals surface area contributed by atoms with Crippen molar-refractivity contribution in [2.45, 2.75) is 71.9 Å². The summed E-state index contributed by atoms with van der Waals surface area (Å²) in [6.45, 7) is 17.0. The van der Waals surface area contributed by atoms with E-state index < -0.39 is 6.04 Å². The van der Waals surface area contributed by atoms with E-state index in [0.29, 0.717) is 31.0 Å². The smallest absolute Gasteiger partial charge is 0.247 e. The molecule has 1 unspecified atom stereocenters. The Morgan fingerprint density at radius 1 is 1.10 bits per heavy atom.